The number of carbonyl (C=O) groups excluding carboxylic acids is 2. The van der Waals surface area contributed by atoms with E-state index in [0.717, 1.165) is 10.6 Å². The van der Waals surface area contributed by atoms with E-state index in [0.29, 0.717) is 12.4 Å². The van der Waals surface area contributed by atoms with Gasteiger partial charge >= 0.3 is 12.1 Å². The third-order valence-electron chi connectivity index (χ3n) is 2.68. The van der Waals surface area contributed by atoms with Gasteiger partial charge in [-0.25, -0.2) is 14.5 Å². The molecule has 0 aliphatic carbocycles. The van der Waals surface area contributed by atoms with Crippen LogP contribution in [-0.4, -0.2) is 50.1 Å². The van der Waals surface area contributed by atoms with Crippen molar-refractivity contribution in [1.82, 2.24) is 10.2 Å². The van der Waals surface area contributed by atoms with Gasteiger partial charge in [-0.05, 0) is 38.1 Å². The molecule has 23 heavy (non-hydrogen) atoms. The van der Waals surface area contributed by atoms with Gasteiger partial charge in [0.15, 0.2) is 6.73 Å². The number of hydrogen-bond donors (Lipinski definition) is 2. The average molecular weight is 325 g/mol. The Labute approximate surface area is 135 Å². The molecule has 128 valence electrons. The zero-order valence-corrected chi connectivity index (χ0v) is 13.4. The zero-order valence-electron chi connectivity index (χ0n) is 13.4. The number of hydrogen-bond acceptors (Lipinski definition) is 6. The van der Waals surface area contributed by atoms with Gasteiger partial charge in [0, 0.05) is 13.1 Å². The van der Waals surface area contributed by atoms with Gasteiger partial charge in [-0.2, -0.15) is 0 Å². The number of nitrogens with one attached hydrogen (secondary N) is 1. The highest BCUT2D eigenvalue weighted by Crippen LogP contribution is 2.17. The van der Waals surface area contributed by atoms with Crippen LogP contribution in [0.2, 0.25) is 0 Å². The minimum Gasteiger partial charge on any atom is -0.494 e. The van der Waals surface area contributed by atoms with Gasteiger partial charge < -0.3 is 25.3 Å². The van der Waals surface area contributed by atoms with Crippen molar-refractivity contribution in [1.29, 1.82) is 0 Å². The highest BCUT2D eigenvalue weighted by molar-refractivity contribution is 5.90. The molecule has 0 heterocycles. The molecule has 0 aliphatic rings. The van der Waals surface area contributed by atoms with E-state index in [9.17, 15) is 9.59 Å². The lowest BCUT2D eigenvalue weighted by molar-refractivity contribution is 0.113. The normalized spacial score (nSPS) is 9.87. The van der Waals surface area contributed by atoms with Crippen LogP contribution < -0.4 is 20.5 Å². The van der Waals surface area contributed by atoms with Crippen molar-refractivity contribution in [3.63, 3.8) is 0 Å². The molecule has 0 radical (unpaired) electrons. The Morgan fingerprint density at radius 1 is 1.09 bits per heavy atom. The summed E-state index contributed by atoms with van der Waals surface area (Å²) in [6.07, 6.45) is -0.739. The van der Waals surface area contributed by atoms with Crippen molar-refractivity contribution in [3.8, 4) is 11.5 Å². The van der Waals surface area contributed by atoms with E-state index in [-0.39, 0.29) is 26.4 Å². The molecule has 1 rings (SSSR count). The van der Waals surface area contributed by atoms with Gasteiger partial charge in [0.25, 0.3) is 0 Å². The number of benzene rings is 1. The summed E-state index contributed by atoms with van der Waals surface area (Å²) in [5.74, 6) is 1.30. The van der Waals surface area contributed by atoms with Crippen LogP contribution in [0.3, 0.4) is 0 Å². The topological polar surface area (TPSA) is 103 Å². The largest absolute Gasteiger partial charge is 0.494 e. The van der Waals surface area contributed by atoms with E-state index < -0.39 is 12.1 Å². The molecular weight excluding hydrogens is 302 g/mol. The van der Waals surface area contributed by atoms with Crippen molar-refractivity contribution < 1.29 is 23.8 Å². The molecule has 0 atom stereocenters. The number of amides is 3. The van der Waals surface area contributed by atoms with E-state index in [1.54, 1.807) is 31.2 Å². The zero-order chi connectivity index (χ0) is 17.1. The summed E-state index contributed by atoms with van der Waals surface area (Å²) in [5.41, 5.74) is 5.39. The van der Waals surface area contributed by atoms with Crippen LogP contribution in [0.25, 0.3) is 0 Å². The van der Waals surface area contributed by atoms with Crippen LogP contribution >= 0.6 is 0 Å². The Morgan fingerprint density at radius 2 is 1.70 bits per heavy atom. The first-order valence-electron chi connectivity index (χ1n) is 7.40. The van der Waals surface area contributed by atoms with Gasteiger partial charge in [-0.3, -0.25) is 0 Å². The Bertz CT molecular complexity index is 492. The van der Waals surface area contributed by atoms with E-state index in [2.05, 4.69) is 5.32 Å². The van der Waals surface area contributed by atoms with Crippen LogP contribution in [0.1, 0.15) is 13.8 Å². The molecule has 0 fully saturated rings. The van der Waals surface area contributed by atoms with E-state index >= 15 is 0 Å². The highest BCUT2D eigenvalue weighted by Gasteiger charge is 2.21. The van der Waals surface area contributed by atoms with Crippen molar-refractivity contribution >= 4 is 12.1 Å². The Hall–Kier alpha value is -2.48. The first-order chi connectivity index (χ1) is 11.1. The van der Waals surface area contributed by atoms with Gasteiger partial charge in [0.2, 0.25) is 0 Å². The summed E-state index contributed by atoms with van der Waals surface area (Å²) in [6, 6.07) is 6.35. The number of carbonyl (C=O) groups is 2. The maximum Gasteiger partial charge on any atom is 0.418 e. The first-order valence-corrected chi connectivity index (χ1v) is 7.40. The smallest absolute Gasteiger partial charge is 0.418 e. The molecule has 0 spiro atoms. The number of rotatable bonds is 8. The number of imide groups is 1. The fourth-order valence-electron chi connectivity index (χ4n) is 1.68. The monoisotopic (exact) mass is 325 g/mol. The molecule has 3 amide bonds. The Balaban J connectivity index is 2.45. The second kappa shape index (κ2) is 10.3. The number of nitrogens with two attached hydrogens (primary N) is 1. The molecule has 0 saturated carbocycles. The molecule has 1 aromatic carbocycles. The second-order valence-electron chi connectivity index (χ2n) is 4.31. The maximum atomic E-state index is 11.9. The third-order valence-corrected chi connectivity index (χ3v) is 2.68. The molecule has 8 heteroatoms. The Kier molecular flexibility index (Phi) is 8.30. The lowest BCUT2D eigenvalue weighted by atomic mass is 10.3. The fourth-order valence-corrected chi connectivity index (χ4v) is 1.68. The summed E-state index contributed by atoms with van der Waals surface area (Å²) in [4.78, 5) is 24.5. The summed E-state index contributed by atoms with van der Waals surface area (Å²) in [5, 5.41) is 2.47. The molecule has 0 aromatic heterocycles. The van der Waals surface area contributed by atoms with Crippen LogP contribution in [0.15, 0.2) is 24.3 Å². The van der Waals surface area contributed by atoms with Crippen molar-refractivity contribution in [2.24, 2.45) is 5.73 Å². The third kappa shape index (κ3) is 6.43. The molecule has 0 unspecified atom stereocenters. The second-order valence-corrected chi connectivity index (χ2v) is 4.31. The highest BCUT2D eigenvalue weighted by atomic mass is 16.6. The molecule has 0 bridgehead atoms. The lowest BCUT2D eigenvalue weighted by Crippen LogP contribution is -2.47. The first kappa shape index (κ1) is 18.6. The lowest BCUT2D eigenvalue weighted by Gasteiger charge is -2.19. The summed E-state index contributed by atoms with van der Waals surface area (Å²) in [7, 11) is 0. The van der Waals surface area contributed by atoms with Gasteiger partial charge in [-0.1, -0.05) is 0 Å². The quantitative estimate of drug-likeness (QED) is 0.703. The molecule has 1 aromatic rings. The van der Waals surface area contributed by atoms with Crippen LogP contribution in [0, 0.1) is 0 Å². The van der Waals surface area contributed by atoms with Gasteiger partial charge in [-0.15, -0.1) is 0 Å². The number of ether oxygens (including phenoxy) is 3. The fraction of sp³-hybridized carbons (Fsp3) is 0.467. The van der Waals surface area contributed by atoms with E-state index in [4.69, 9.17) is 19.9 Å². The van der Waals surface area contributed by atoms with E-state index in [1.807, 2.05) is 6.92 Å². The molecule has 0 aliphatic heterocycles. The molecule has 0 saturated heterocycles. The van der Waals surface area contributed by atoms with Crippen LogP contribution in [0.5, 0.6) is 11.5 Å². The van der Waals surface area contributed by atoms with Crippen molar-refractivity contribution in [2.45, 2.75) is 13.8 Å². The van der Waals surface area contributed by atoms with Gasteiger partial charge in [0.1, 0.15) is 11.5 Å². The molecule has 8 nitrogen and oxygen atoms in total. The minimum absolute atomic E-state index is 0.0632. The minimum atomic E-state index is -0.739. The van der Waals surface area contributed by atoms with E-state index in [1.165, 1.54) is 0 Å². The number of urea groups is 1. The van der Waals surface area contributed by atoms with Gasteiger partial charge in [0.05, 0.1) is 13.2 Å². The van der Waals surface area contributed by atoms with Crippen LogP contribution in [-0.2, 0) is 4.74 Å². The molecule has 3 N–H and O–H groups in total. The predicted octanol–water partition coefficient (Wildman–Crippen LogP) is 1.55. The average Bonchev–Trinajstić information content (AvgIpc) is 2.54. The summed E-state index contributed by atoms with van der Waals surface area (Å²) in [6.45, 7) is 4.44. The Morgan fingerprint density at radius 3 is 2.22 bits per heavy atom. The van der Waals surface area contributed by atoms with Crippen LogP contribution in [0.4, 0.5) is 9.59 Å². The standard InChI is InChI=1S/C15H23N3O5/c1-3-21-12-5-7-13(8-6-12)23-11-17-14(19)18(10-9-16)15(20)22-4-2/h5-8H,3-4,9-11,16H2,1-2H3,(H,17,19). The SMILES string of the molecule is CCOC(=O)N(CCN)C(=O)NCOc1ccc(OCC)cc1. The summed E-state index contributed by atoms with van der Waals surface area (Å²) >= 11 is 0. The number of nitrogens with zero attached hydrogens (tertiary/aromatic N) is 1. The van der Waals surface area contributed by atoms with Crippen molar-refractivity contribution in [2.75, 3.05) is 33.0 Å². The maximum absolute atomic E-state index is 11.9. The molecular formula is C15H23N3O5. The van der Waals surface area contributed by atoms with Crippen molar-refractivity contribution in [3.05, 3.63) is 24.3 Å². The summed E-state index contributed by atoms with van der Waals surface area (Å²) < 4.78 is 15.5. The predicted molar refractivity (Wildman–Crippen MR) is 84.4 cm³/mol.